The normalized spacial score (nSPS) is 15.3. The third kappa shape index (κ3) is 2.56. The van der Waals surface area contributed by atoms with Gasteiger partial charge in [0.1, 0.15) is 22.5 Å². The van der Waals surface area contributed by atoms with Crippen molar-refractivity contribution >= 4 is 33.3 Å². The molecule has 0 bridgehead atoms. The summed E-state index contributed by atoms with van der Waals surface area (Å²) < 4.78 is 0. The molecular formula is C16H21N3O2S. The molecule has 6 heteroatoms. The Morgan fingerprint density at radius 1 is 1.36 bits per heavy atom. The number of anilines is 1. The van der Waals surface area contributed by atoms with Crippen LogP contribution in [0.3, 0.4) is 0 Å². The van der Waals surface area contributed by atoms with E-state index in [1.165, 1.54) is 16.9 Å². The van der Waals surface area contributed by atoms with E-state index in [1.807, 2.05) is 20.8 Å². The lowest BCUT2D eigenvalue weighted by Gasteiger charge is -2.19. The zero-order valence-corrected chi connectivity index (χ0v) is 14.0. The van der Waals surface area contributed by atoms with E-state index in [0.29, 0.717) is 5.82 Å². The van der Waals surface area contributed by atoms with E-state index < -0.39 is 12.0 Å². The van der Waals surface area contributed by atoms with Crippen molar-refractivity contribution in [2.24, 2.45) is 5.92 Å². The number of aromatic nitrogens is 2. The maximum atomic E-state index is 11.5. The number of rotatable bonds is 5. The van der Waals surface area contributed by atoms with Crippen molar-refractivity contribution < 1.29 is 9.90 Å². The van der Waals surface area contributed by atoms with Gasteiger partial charge in [0.15, 0.2) is 0 Å². The number of fused-ring (bicyclic) bond motifs is 3. The predicted molar refractivity (Wildman–Crippen MR) is 88.7 cm³/mol. The van der Waals surface area contributed by atoms with Crippen LogP contribution in [0.15, 0.2) is 0 Å². The third-order valence-electron chi connectivity index (χ3n) is 4.15. The summed E-state index contributed by atoms with van der Waals surface area (Å²) in [5, 5.41) is 13.7. The average molecular weight is 319 g/mol. The highest BCUT2D eigenvalue weighted by Gasteiger charge is 2.26. The van der Waals surface area contributed by atoms with Crippen LogP contribution in [0.1, 0.15) is 43.5 Å². The van der Waals surface area contributed by atoms with Gasteiger partial charge in [0, 0.05) is 11.3 Å². The van der Waals surface area contributed by atoms with Crippen molar-refractivity contribution in [2.75, 3.05) is 5.32 Å². The van der Waals surface area contributed by atoms with Crippen molar-refractivity contribution in [3.8, 4) is 0 Å². The lowest BCUT2D eigenvalue weighted by atomic mass is 10.0. The highest BCUT2D eigenvalue weighted by molar-refractivity contribution is 7.19. The van der Waals surface area contributed by atoms with E-state index in [2.05, 4.69) is 15.3 Å². The molecule has 22 heavy (non-hydrogen) atoms. The molecular weight excluding hydrogens is 298 g/mol. The molecule has 1 aliphatic rings. The molecule has 1 atom stereocenters. The number of carboxylic acid groups (broad SMARTS) is 1. The van der Waals surface area contributed by atoms with Gasteiger partial charge >= 0.3 is 5.97 Å². The summed E-state index contributed by atoms with van der Waals surface area (Å²) >= 11 is 1.74. The number of hydrogen-bond donors (Lipinski definition) is 2. The summed E-state index contributed by atoms with van der Waals surface area (Å²) in [6.45, 7) is 5.83. The molecule has 0 saturated carbocycles. The van der Waals surface area contributed by atoms with Crippen LogP contribution in [0, 0.1) is 5.92 Å². The molecule has 0 aliphatic heterocycles. The molecule has 2 aromatic rings. The Balaban J connectivity index is 2.12. The second kappa shape index (κ2) is 5.83. The fourth-order valence-corrected chi connectivity index (χ4v) is 4.24. The van der Waals surface area contributed by atoms with Gasteiger partial charge in [-0.3, -0.25) is 0 Å². The maximum absolute atomic E-state index is 11.5. The SMILES string of the molecule is CCc1nc(N[C@H](C(=O)O)C(C)C)c2c3c(sc2n1)CCC3. The summed E-state index contributed by atoms with van der Waals surface area (Å²) in [7, 11) is 0. The molecule has 118 valence electrons. The van der Waals surface area contributed by atoms with Crippen LogP contribution >= 0.6 is 11.3 Å². The fourth-order valence-electron chi connectivity index (χ4n) is 2.96. The number of aliphatic carboxylic acids is 1. The van der Waals surface area contributed by atoms with Gasteiger partial charge in [-0.2, -0.15) is 0 Å². The van der Waals surface area contributed by atoms with E-state index in [9.17, 15) is 9.90 Å². The molecule has 2 N–H and O–H groups in total. The van der Waals surface area contributed by atoms with Crippen LogP contribution in [-0.2, 0) is 24.1 Å². The van der Waals surface area contributed by atoms with E-state index in [-0.39, 0.29) is 5.92 Å². The first kappa shape index (κ1) is 15.2. The summed E-state index contributed by atoms with van der Waals surface area (Å²) in [6.07, 6.45) is 4.05. The Morgan fingerprint density at radius 3 is 2.77 bits per heavy atom. The number of carbonyl (C=O) groups is 1. The summed E-state index contributed by atoms with van der Waals surface area (Å²) in [5.74, 6) is 0.608. The first-order chi connectivity index (χ1) is 10.5. The van der Waals surface area contributed by atoms with Gasteiger partial charge in [-0.1, -0.05) is 20.8 Å². The second-order valence-corrected chi connectivity index (χ2v) is 7.17. The molecule has 5 nitrogen and oxygen atoms in total. The van der Waals surface area contributed by atoms with Crippen LogP contribution < -0.4 is 5.32 Å². The van der Waals surface area contributed by atoms with Crippen LogP contribution in [-0.4, -0.2) is 27.1 Å². The Labute approximate surface area is 133 Å². The van der Waals surface area contributed by atoms with E-state index in [1.54, 1.807) is 11.3 Å². The number of aryl methyl sites for hydroxylation is 3. The lowest BCUT2D eigenvalue weighted by molar-refractivity contribution is -0.138. The molecule has 0 amide bonds. The van der Waals surface area contributed by atoms with Crippen LogP contribution in [0.2, 0.25) is 0 Å². The van der Waals surface area contributed by atoms with Crippen LogP contribution in [0.5, 0.6) is 0 Å². The second-order valence-electron chi connectivity index (χ2n) is 6.08. The van der Waals surface area contributed by atoms with Crippen molar-refractivity contribution in [3.63, 3.8) is 0 Å². The molecule has 0 aromatic carbocycles. The largest absolute Gasteiger partial charge is 0.480 e. The van der Waals surface area contributed by atoms with E-state index >= 15 is 0 Å². The van der Waals surface area contributed by atoms with Crippen molar-refractivity contribution in [1.29, 1.82) is 0 Å². The van der Waals surface area contributed by atoms with Crippen LogP contribution in [0.25, 0.3) is 10.2 Å². The van der Waals surface area contributed by atoms with E-state index in [0.717, 1.165) is 35.3 Å². The highest BCUT2D eigenvalue weighted by Crippen LogP contribution is 2.39. The minimum absolute atomic E-state index is 0.0146. The zero-order valence-electron chi connectivity index (χ0n) is 13.1. The van der Waals surface area contributed by atoms with Gasteiger partial charge < -0.3 is 10.4 Å². The van der Waals surface area contributed by atoms with Gasteiger partial charge in [0.2, 0.25) is 0 Å². The first-order valence-corrected chi connectivity index (χ1v) is 8.63. The maximum Gasteiger partial charge on any atom is 0.326 e. The number of nitrogens with one attached hydrogen (secondary N) is 1. The van der Waals surface area contributed by atoms with E-state index in [4.69, 9.17) is 0 Å². The fraction of sp³-hybridized carbons (Fsp3) is 0.562. The topological polar surface area (TPSA) is 75.1 Å². The minimum Gasteiger partial charge on any atom is -0.480 e. The zero-order chi connectivity index (χ0) is 15.9. The molecule has 3 rings (SSSR count). The molecule has 0 spiro atoms. The summed E-state index contributed by atoms with van der Waals surface area (Å²) in [5.41, 5.74) is 1.32. The highest BCUT2D eigenvalue weighted by atomic mass is 32.1. The predicted octanol–water partition coefficient (Wildman–Crippen LogP) is 3.26. The molecule has 2 heterocycles. The van der Waals surface area contributed by atoms with Gasteiger partial charge in [0.05, 0.1) is 5.39 Å². The molecule has 0 radical (unpaired) electrons. The first-order valence-electron chi connectivity index (χ1n) is 7.81. The molecule has 2 aromatic heterocycles. The Bertz CT molecular complexity index is 724. The average Bonchev–Trinajstić information content (AvgIpc) is 3.03. The number of hydrogen-bond acceptors (Lipinski definition) is 5. The molecule has 0 saturated heterocycles. The Hall–Kier alpha value is -1.69. The van der Waals surface area contributed by atoms with Gasteiger partial charge in [-0.25, -0.2) is 14.8 Å². The smallest absolute Gasteiger partial charge is 0.326 e. The van der Waals surface area contributed by atoms with Crippen molar-refractivity contribution in [2.45, 2.75) is 52.5 Å². The van der Waals surface area contributed by atoms with Gasteiger partial charge in [-0.15, -0.1) is 11.3 Å². The molecule has 1 aliphatic carbocycles. The number of thiophene rings is 1. The lowest BCUT2D eigenvalue weighted by Crippen LogP contribution is -2.34. The van der Waals surface area contributed by atoms with Gasteiger partial charge in [-0.05, 0) is 30.7 Å². The molecule has 0 fully saturated rings. The summed E-state index contributed by atoms with van der Waals surface area (Å²) in [6, 6.07) is -0.639. The Kier molecular flexibility index (Phi) is 4.04. The minimum atomic E-state index is -0.841. The number of nitrogens with zero attached hydrogens (tertiary/aromatic N) is 2. The quantitative estimate of drug-likeness (QED) is 0.884. The van der Waals surface area contributed by atoms with Gasteiger partial charge in [0.25, 0.3) is 0 Å². The molecule has 0 unspecified atom stereocenters. The van der Waals surface area contributed by atoms with Crippen LogP contribution in [0.4, 0.5) is 5.82 Å². The number of carboxylic acids is 1. The monoisotopic (exact) mass is 319 g/mol. The Morgan fingerprint density at radius 2 is 2.14 bits per heavy atom. The van der Waals surface area contributed by atoms with Crippen molar-refractivity contribution in [3.05, 3.63) is 16.3 Å². The standard InChI is InChI=1S/C16H21N3O2S/c1-4-11-17-14(19-13(8(2)3)16(20)21)12-9-6-5-7-10(9)22-15(12)18-11/h8,13H,4-7H2,1-3H3,(H,20,21)(H,17,18,19)/t13-/m0/s1. The van der Waals surface area contributed by atoms with Crippen molar-refractivity contribution in [1.82, 2.24) is 9.97 Å². The third-order valence-corrected chi connectivity index (χ3v) is 5.34. The summed E-state index contributed by atoms with van der Waals surface area (Å²) in [4.78, 5) is 23.1.